The van der Waals surface area contributed by atoms with Crippen LogP contribution in [0.5, 0.6) is 5.75 Å². The Morgan fingerprint density at radius 1 is 1.35 bits per heavy atom. The minimum atomic E-state index is -0.434. The van der Waals surface area contributed by atoms with Gasteiger partial charge in [0.1, 0.15) is 25.0 Å². The highest BCUT2D eigenvalue weighted by atomic mass is 16.5. The number of nitrogens with one attached hydrogen (secondary N) is 1. The van der Waals surface area contributed by atoms with Crippen molar-refractivity contribution in [3.8, 4) is 18.1 Å². The molecule has 2 heterocycles. The number of anilines is 1. The van der Waals surface area contributed by atoms with Crippen molar-refractivity contribution in [3.05, 3.63) is 36.9 Å². The van der Waals surface area contributed by atoms with Gasteiger partial charge in [-0.2, -0.15) is 15.3 Å². The predicted molar refractivity (Wildman–Crippen MR) is 95.5 cm³/mol. The molecule has 8 heteroatoms. The van der Waals surface area contributed by atoms with Crippen LogP contribution in [0.25, 0.3) is 0 Å². The molecule has 1 aliphatic heterocycles. The number of benzene rings is 1. The van der Waals surface area contributed by atoms with Gasteiger partial charge in [-0.25, -0.2) is 9.67 Å². The highest BCUT2D eigenvalue weighted by Crippen LogP contribution is 2.37. The van der Waals surface area contributed by atoms with E-state index in [4.69, 9.17) is 11.2 Å². The normalized spacial score (nSPS) is 13.8. The molecular weight excluding hydrogens is 332 g/mol. The molecule has 1 amide bonds. The molecule has 0 atom stereocenters. The molecule has 0 radical (unpaired) electrons. The Morgan fingerprint density at radius 2 is 2.23 bits per heavy atom. The van der Waals surface area contributed by atoms with Crippen molar-refractivity contribution in [1.82, 2.24) is 14.8 Å². The van der Waals surface area contributed by atoms with Crippen LogP contribution in [-0.2, 0) is 11.3 Å². The fourth-order valence-corrected chi connectivity index (χ4v) is 2.47. The van der Waals surface area contributed by atoms with Crippen LogP contribution in [-0.4, -0.2) is 32.9 Å². The minimum absolute atomic E-state index is 0.0813. The van der Waals surface area contributed by atoms with E-state index in [0.29, 0.717) is 50.3 Å². The first kappa shape index (κ1) is 17.6. The molecule has 1 aliphatic rings. The van der Waals surface area contributed by atoms with Crippen molar-refractivity contribution in [1.29, 1.82) is 0 Å². The van der Waals surface area contributed by atoms with Crippen LogP contribution in [0.3, 0.4) is 0 Å². The van der Waals surface area contributed by atoms with Crippen molar-refractivity contribution < 1.29 is 9.53 Å². The van der Waals surface area contributed by atoms with Crippen LogP contribution in [0.2, 0.25) is 0 Å². The van der Waals surface area contributed by atoms with E-state index >= 15 is 0 Å². The molecule has 2 aromatic rings. The van der Waals surface area contributed by atoms with Gasteiger partial charge in [0.15, 0.2) is 5.66 Å². The van der Waals surface area contributed by atoms with Crippen molar-refractivity contribution >= 4 is 11.6 Å². The molecule has 1 aromatic carbocycles. The molecule has 1 aromatic heterocycles. The number of ether oxygens (including phenoxy) is 1. The Balaban J connectivity index is 1.42. The van der Waals surface area contributed by atoms with Gasteiger partial charge in [0, 0.05) is 37.4 Å². The molecule has 0 saturated heterocycles. The predicted octanol–water partition coefficient (Wildman–Crippen LogP) is 2.65. The van der Waals surface area contributed by atoms with Gasteiger partial charge in [0.2, 0.25) is 5.91 Å². The quantitative estimate of drug-likeness (QED) is 0.665. The minimum Gasteiger partial charge on any atom is -0.492 e. The Morgan fingerprint density at radius 3 is 2.96 bits per heavy atom. The van der Waals surface area contributed by atoms with Gasteiger partial charge < -0.3 is 10.1 Å². The van der Waals surface area contributed by atoms with E-state index in [1.54, 1.807) is 17.1 Å². The average molecular weight is 352 g/mol. The van der Waals surface area contributed by atoms with E-state index in [2.05, 4.69) is 31.5 Å². The molecular formula is C18H20N6O2. The van der Waals surface area contributed by atoms with Gasteiger partial charge in [-0.1, -0.05) is 6.07 Å². The third-order valence-electron chi connectivity index (χ3n) is 3.98. The van der Waals surface area contributed by atoms with E-state index < -0.39 is 5.66 Å². The van der Waals surface area contributed by atoms with Crippen molar-refractivity contribution in [3.63, 3.8) is 0 Å². The maximum atomic E-state index is 12.1. The van der Waals surface area contributed by atoms with Crippen molar-refractivity contribution in [2.24, 2.45) is 10.2 Å². The van der Waals surface area contributed by atoms with E-state index in [1.807, 2.05) is 18.2 Å². The SMILES string of the molecule is C#CCCC1(CCC(=O)Nc2cccc(OCCn3cncn3)c2)N=N1. The molecule has 0 fully saturated rings. The Bertz CT molecular complexity index is 803. The summed E-state index contributed by atoms with van der Waals surface area (Å²) in [6, 6.07) is 7.29. The summed E-state index contributed by atoms with van der Waals surface area (Å²) in [6.45, 7) is 1.06. The molecule has 0 saturated carbocycles. The molecule has 0 unspecified atom stereocenters. The van der Waals surface area contributed by atoms with Crippen LogP contribution in [0.4, 0.5) is 5.69 Å². The van der Waals surface area contributed by atoms with E-state index in [-0.39, 0.29) is 5.91 Å². The number of terminal acetylenes is 1. The zero-order valence-electron chi connectivity index (χ0n) is 14.3. The summed E-state index contributed by atoms with van der Waals surface area (Å²) < 4.78 is 7.37. The second-order valence-electron chi connectivity index (χ2n) is 5.97. The van der Waals surface area contributed by atoms with Gasteiger partial charge in [-0.15, -0.1) is 12.3 Å². The Labute approximate surface area is 151 Å². The van der Waals surface area contributed by atoms with E-state index in [9.17, 15) is 4.79 Å². The number of rotatable bonds is 10. The highest BCUT2D eigenvalue weighted by Gasteiger charge is 2.39. The molecule has 0 spiro atoms. The molecule has 3 rings (SSSR count). The Kier molecular flexibility index (Phi) is 5.59. The molecule has 0 aliphatic carbocycles. The molecule has 0 bridgehead atoms. The van der Waals surface area contributed by atoms with Crippen LogP contribution >= 0.6 is 0 Å². The monoisotopic (exact) mass is 352 g/mol. The topological polar surface area (TPSA) is 93.8 Å². The lowest BCUT2D eigenvalue weighted by molar-refractivity contribution is -0.116. The number of carbonyl (C=O) groups is 1. The first-order valence-electron chi connectivity index (χ1n) is 8.42. The van der Waals surface area contributed by atoms with Gasteiger partial charge in [0.25, 0.3) is 0 Å². The lowest BCUT2D eigenvalue weighted by Crippen LogP contribution is -2.17. The number of aromatic nitrogens is 3. The van der Waals surface area contributed by atoms with E-state index in [0.717, 1.165) is 0 Å². The standard InChI is InChI=1S/C18H20N6O2/c1-2-3-8-18(22-23-18)9-7-17(25)21-15-5-4-6-16(12-15)26-11-10-24-14-19-13-20-24/h1,4-6,12-14H,3,7-11H2,(H,21,25). The second-order valence-corrected chi connectivity index (χ2v) is 5.97. The third kappa shape index (κ3) is 5.14. The zero-order valence-corrected chi connectivity index (χ0v) is 14.3. The third-order valence-corrected chi connectivity index (χ3v) is 3.98. The van der Waals surface area contributed by atoms with Crippen LogP contribution in [0.1, 0.15) is 25.7 Å². The summed E-state index contributed by atoms with van der Waals surface area (Å²) in [5.41, 5.74) is 0.256. The summed E-state index contributed by atoms with van der Waals surface area (Å²) in [5, 5.41) is 15.0. The summed E-state index contributed by atoms with van der Waals surface area (Å²) >= 11 is 0. The van der Waals surface area contributed by atoms with Gasteiger partial charge >= 0.3 is 0 Å². The van der Waals surface area contributed by atoms with Crippen molar-refractivity contribution in [2.45, 2.75) is 37.9 Å². The second kappa shape index (κ2) is 8.25. The average Bonchev–Trinajstić information content (AvgIpc) is 3.23. The summed E-state index contributed by atoms with van der Waals surface area (Å²) in [5.74, 6) is 3.18. The molecule has 8 nitrogen and oxygen atoms in total. The molecule has 134 valence electrons. The number of hydrogen-bond donors (Lipinski definition) is 1. The maximum Gasteiger partial charge on any atom is 0.224 e. The van der Waals surface area contributed by atoms with Crippen LogP contribution in [0, 0.1) is 12.3 Å². The van der Waals surface area contributed by atoms with Crippen molar-refractivity contribution in [2.75, 3.05) is 11.9 Å². The highest BCUT2D eigenvalue weighted by molar-refractivity contribution is 5.90. The number of carbonyl (C=O) groups excluding carboxylic acids is 1. The fourth-order valence-electron chi connectivity index (χ4n) is 2.47. The largest absolute Gasteiger partial charge is 0.492 e. The maximum absolute atomic E-state index is 12.1. The molecule has 26 heavy (non-hydrogen) atoms. The van der Waals surface area contributed by atoms with Crippen LogP contribution < -0.4 is 10.1 Å². The summed E-state index contributed by atoms with van der Waals surface area (Å²) in [6.07, 6.45) is 10.6. The zero-order chi connectivity index (χ0) is 18.2. The van der Waals surface area contributed by atoms with Gasteiger partial charge in [-0.3, -0.25) is 4.79 Å². The number of amides is 1. The van der Waals surface area contributed by atoms with Gasteiger partial charge in [0.05, 0.1) is 6.54 Å². The first-order chi connectivity index (χ1) is 12.7. The fraction of sp³-hybridized carbons (Fsp3) is 0.389. The summed E-state index contributed by atoms with van der Waals surface area (Å²) in [7, 11) is 0. The summed E-state index contributed by atoms with van der Waals surface area (Å²) in [4.78, 5) is 16.0. The lowest BCUT2D eigenvalue weighted by Gasteiger charge is -2.11. The van der Waals surface area contributed by atoms with E-state index in [1.165, 1.54) is 6.33 Å². The number of nitrogens with zero attached hydrogens (tertiary/aromatic N) is 5. The lowest BCUT2D eigenvalue weighted by atomic mass is 10.0. The van der Waals surface area contributed by atoms with Gasteiger partial charge in [-0.05, 0) is 12.1 Å². The molecule has 1 N–H and O–H groups in total. The van der Waals surface area contributed by atoms with Crippen LogP contribution in [0.15, 0.2) is 47.1 Å². The first-order valence-corrected chi connectivity index (χ1v) is 8.42. The number of hydrogen-bond acceptors (Lipinski definition) is 6. The smallest absolute Gasteiger partial charge is 0.224 e. The Hall–Kier alpha value is -3.21.